The van der Waals surface area contributed by atoms with Gasteiger partial charge in [-0.1, -0.05) is 12.1 Å². The summed E-state index contributed by atoms with van der Waals surface area (Å²) >= 11 is 0. The molecule has 0 aromatic heterocycles. The summed E-state index contributed by atoms with van der Waals surface area (Å²) in [5, 5.41) is 11.5. The summed E-state index contributed by atoms with van der Waals surface area (Å²) < 4.78 is 0. The fraction of sp³-hybridized carbons (Fsp3) is 0.429. The van der Waals surface area contributed by atoms with Crippen LogP contribution in [0.3, 0.4) is 0 Å². The number of nitrogens with zero attached hydrogens (tertiary/aromatic N) is 2. The average Bonchev–Trinajstić information content (AvgIpc) is 2.41. The van der Waals surface area contributed by atoms with E-state index in [1.54, 1.807) is 29.2 Å². The van der Waals surface area contributed by atoms with E-state index in [-0.39, 0.29) is 12.5 Å². The van der Waals surface area contributed by atoms with Crippen LogP contribution in [0.25, 0.3) is 0 Å². The lowest BCUT2D eigenvalue weighted by Gasteiger charge is -2.32. The van der Waals surface area contributed by atoms with Gasteiger partial charge in [-0.25, -0.2) is 4.79 Å². The SMILES string of the molecule is CN1CCN(C(=O)Nc2ccc(CC(=O)O)cc2)CC1. The molecule has 108 valence electrons. The highest BCUT2D eigenvalue weighted by Crippen LogP contribution is 2.11. The van der Waals surface area contributed by atoms with Crippen molar-refractivity contribution in [3.63, 3.8) is 0 Å². The monoisotopic (exact) mass is 277 g/mol. The van der Waals surface area contributed by atoms with E-state index in [0.717, 1.165) is 31.7 Å². The first-order valence-corrected chi connectivity index (χ1v) is 6.60. The Labute approximate surface area is 118 Å². The smallest absolute Gasteiger partial charge is 0.321 e. The van der Waals surface area contributed by atoms with E-state index in [1.165, 1.54) is 0 Å². The molecule has 0 spiro atoms. The molecule has 0 unspecified atom stereocenters. The van der Waals surface area contributed by atoms with Gasteiger partial charge in [-0.2, -0.15) is 0 Å². The molecule has 0 saturated carbocycles. The van der Waals surface area contributed by atoms with E-state index in [0.29, 0.717) is 5.69 Å². The Balaban J connectivity index is 1.89. The second-order valence-electron chi connectivity index (χ2n) is 4.99. The first kappa shape index (κ1) is 14.3. The van der Waals surface area contributed by atoms with Gasteiger partial charge < -0.3 is 20.2 Å². The highest BCUT2D eigenvalue weighted by Gasteiger charge is 2.18. The maximum atomic E-state index is 12.0. The second-order valence-corrected chi connectivity index (χ2v) is 4.99. The highest BCUT2D eigenvalue weighted by molar-refractivity contribution is 5.89. The number of urea groups is 1. The number of rotatable bonds is 3. The van der Waals surface area contributed by atoms with Crippen LogP contribution in [0, 0.1) is 0 Å². The van der Waals surface area contributed by atoms with Gasteiger partial charge in [0.15, 0.2) is 0 Å². The number of carbonyl (C=O) groups excluding carboxylic acids is 1. The van der Waals surface area contributed by atoms with Gasteiger partial charge in [-0.05, 0) is 24.7 Å². The van der Waals surface area contributed by atoms with Gasteiger partial charge in [-0.15, -0.1) is 0 Å². The predicted molar refractivity (Wildman–Crippen MR) is 75.9 cm³/mol. The molecule has 0 bridgehead atoms. The highest BCUT2D eigenvalue weighted by atomic mass is 16.4. The van der Waals surface area contributed by atoms with Crippen LogP contribution in [0.2, 0.25) is 0 Å². The Morgan fingerprint density at radius 1 is 1.15 bits per heavy atom. The third-order valence-electron chi connectivity index (χ3n) is 3.35. The Kier molecular flexibility index (Phi) is 4.57. The third kappa shape index (κ3) is 3.96. The number of aliphatic carboxylic acids is 1. The fourth-order valence-corrected chi connectivity index (χ4v) is 2.09. The van der Waals surface area contributed by atoms with E-state index in [2.05, 4.69) is 10.2 Å². The fourth-order valence-electron chi connectivity index (χ4n) is 2.09. The van der Waals surface area contributed by atoms with Crippen LogP contribution < -0.4 is 5.32 Å². The number of amides is 2. The number of likely N-dealkylation sites (N-methyl/N-ethyl adjacent to an activating group) is 1. The summed E-state index contributed by atoms with van der Waals surface area (Å²) in [7, 11) is 2.04. The normalized spacial score (nSPS) is 15.9. The second kappa shape index (κ2) is 6.38. The zero-order chi connectivity index (χ0) is 14.5. The molecular formula is C14H19N3O3. The maximum absolute atomic E-state index is 12.0. The van der Waals surface area contributed by atoms with Crippen LogP contribution in [0.4, 0.5) is 10.5 Å². The molecule has 0 atom stereocenters. The molecule has 1 heterocycles. The van der Waals surface area contributed by atoms with Crippen molar-refractivity contribution < 1.29 is 14.7 Å². The summed E-state index contributed by atoms with van der Waals surface area (Å²) in [6.07, 6.45) is -0.00726. The topological polar surface area (TPSA) is 72.9 Å². The maximum Gasteiger partial charge on any atom is 0.321 e. The molecule has 6 nitrogen and oxygen atoms in total. The number of hydrogen-bond acceptors (Lipinski definition) is 3. The standard InChI is InChI=1S/C14H19N3O3/c1-16-6-8-17(9-7-16)14(20)15-12-4-2-11(3-5-12)10-13(18)19/h2-5H,6-10H2,1H3,(H,15,20)(H,18,19). The zero-order valence-electron chi connectivity index (χ0n) is 11.5. The number of anilines is 1. The molecule has 1 aliphatic heterocycles. The van der Waals surface area contributed by atoms with Crippen molar-refractivity contribution in [2.24, 2.45) is 0 Å². The van der Waals surface area contributed by atoms with Crippen LogP contribution in [0.15, 0.2) is 24.3 Å². The minimum absolute atomic E-state index is 0.00726. The van der Waals surface area contributed by atoms with Crippen molar-refractivity contribution in [1.29, 1.82) is 0 Å². The number of benzene rings is 1. The van der Waals surface area contributed by atoms with E-state index >= 15 is 0 Å². The number of carboxylic acids is 1. The van der Waals surface area contributed by atoms with Crippen LogP contribution in [0.5, 0.6) is 0 Å². The van der Waals surface area contributed by atoms with Crippen molar-refractivity contribution in [1.82, 2.24) is 9.80 Å². The number of carbonyl (C=O) groups is 2. The van der Waals surface area contributed by atoms with Gasteiger partial charge in [0.05, 0.1) is 6.42 Å². The van der Waals surface area contributed by atoms with Crippen molar-refractivity contribution in [2.75, 3.05) is 38.5 Å². The minimum atomic E-state index is -0.862. The molecule has 6 heteroatoms. The van der Waals surface area contributed by atoms with Crippen LogP contribution >= 0.6 is 0 Å². The zero-order valence-corrected chi connectivity index (χ0v) is 11.5. The summed E-state index contributed by atoms with van der Waals surface area (Å²) in [4.78, 5) is 26.6. The predicted octanol–water partition coefficient (Wildman–Crippen LogP) is 1.09. The molecule has 2 amide bonds. The van der Waals surface area contributed by atoms with Gasteiger partial charge in [0.1, 0.15) is 0 Å². The Hall–Kier alpha value is -2.08. The molecule has 1 saturated heterocycles. The van der Waals surface area contributed by atoms with E-state index in [9.17, 15) is 9.59 Å². The third-order valence-corrected chi connectivity index (χ3v) is 3.35. The number of hydrogen-bond donors (Lipinski definition) is 2. The van der Waals surface area contributed by atoms with Crippen molar-refractivity contribution in [2.45, 2.75) is 6.42 Å². The van der Waals surface area contributed by atoms with Crippen molar-refractivity contribution >= 4 is 17.7 Å². The molecule has 1 fully saturated rings. The Bertz CT molecular complexity index is 479. The van der Waals surface area contributed by atoms with Gasteiger partial charge in [0.25, 0.3) is 0 Å². The average molecular weight is 277 g/mol. The molecular weight excluding hydrogens is 258 g/mol. The molecule has 1 aliphatic rings. The molecule has 20 heavy (non-hydrogen) atoms. The van der Waals surface area contributed by atoms with Crippen molar-refractivity contribution in [3.8, 4) is 0 Å². The van der Waals surface area contributed by atoms with Gasteiger partial charge in [-0.3, -0.25) is 4.79 Å². The lowest BCUT2D eigenvalue weighted by Crippen LogP contribution is -2.48. The van der Waals surface area contributed by atoms with Crippen LogP contribution in [-0.4, -0.2) is 60.1 Å². The summed E-state index contributed by atoms with van der Waals surface area (Å²) in [6.45, 7) is 3.20. The molecule has 1 aromatic carbocycles. The number of nitrogens with one attached hydrogen (secondary N) is 1. The largest absolute Gasteiger partial charge is 0.481 e. The first-order chi connectivity index (χ1) is 9.54. The van der Waals surface area contributed by atoms with Crippen molar-refractivity contribution in [3.05, 3.63) is 29.8 Å². The molecule has 2 N–H and O–H groups in total. The minimum Gasteiger partial charge on any atom is -0.481 e. The van der Waals surface area contributed by atoms with E-state index in [1.807, 2.05) is 7.05 Å². The number of piperazine rings is 1. The van der Waals surface area contributed by atoms with E-state index in [4.69, 9.17) is 5.11 Å². The summed E-state index contributed by atoms with van der Waals surface area (Å²) in [5.74, 6) is -0.862. The lowest BCUT2D eigenvalue weighted by atomic mass is 10.1. The number of carboxylic acid groups (broad SMARTS) is 1. The van der Waals surface area contributed by atoms with Crippen LogP contribution in [0.1, 0.15) is 5.56 Å². The summed E-state index contributed by atoms with van der Waals surface area (Å²) in [5.41, 5.74) is 1.40. The lowest BCUT2D eigenvalue weighted by molar-refractivity contribution is -0.136. The molecule has 1 aromatic rings. The summed E-state index contributed by atoms with van der Waals surface area (Å²) in [6, 6.07) is 6.78. The van der Waals surface area contributed by atoms with Gasteiger partial charge >= 0.3 is 12.0 Å². The quantitative estimate of drug-likeness (QED) is 0.867. The van der Waals surface area contributed by atoms with E-state index < -0.39 is 5.97 Å². The van der Waals surface area contributed by atoms with Crippen LogP contribution in [-0.2, 0) is 11.2 Å². The molecule has 0 aliphatic carbocycles. The Morgan fingerprint density at radius 2 is 1.75 bits per heavy atom. The van der Waals surface area contributed by atoms with Gasteiger partial charge in [0.2, 0.25) is 0 Å². The van der Waals surface area contributed by atoms with Gasteiger partial charge in [0, 0.05) is 31.9 Å². The molecule has 0 radical (unpaired) electrons. The first-order valence-electron chi connectivity index (χ1n) is 6.60. The Morgan fingerprint density at radius 3 is 2.30 bits per heavy atom. The molecule has 2 rings (SSSR count).